The largest absolute Gasteiger partial charge is 0.490 e. The summed E-state index contributed by atoms with van der Waals surface area (Å²) in [7, 11) is 0. The molecule has 2 aromatic carbocycles. The molecular formula is C28H30N6O5. The first-order valence-electron chi connectivity index (χ1n) is 13.0. The number of nitrogens with zero attached hydrogens (tertiary/aromatic N) is 6. The Labute approximate surface area is 225 Å². The molecular weight excluding hydrogens is 500 g/mol. The van der Waals surface area contributed by atoms with Crippen molar-refractivity contribution in [2.24, 2.45) is 0 Å². The lowest BCUT2D eigenvalue weighted by Crippen LogP contribution is -2.38. The van der Waals surface area contributed by atoms with Crippen LogP contribution in [0.2, 0.25) is 0 Å². The molecule has 0 aliphatic carbocycles. The Kier molecular flexibility index (Phi) is 6.65. The standard InChI is InChI=1S/C28H30N6O5/c1-28(18-33-17-26(34(35)36)30-27(33)39-28)19-37-23-6-2-21(3-7-23)16-31-13-10-25(11-14-31)38-24-8-4-22(5-9-24)32-15-12-29-20-32/h2-9,12,15,17,20,25H,10-11,13-14,16,18-19H2,1H3/t28-/m1/s1. The Balaban J connectivity index is 0.938. The highest BCUT2D eigenvalue weighted by molar-refractivity contribution is 5.37. The van der Waals surface area contributed by atoms with E-state index < -0.39 is 10.5 Å². The molecule has 0 spiro atoms. The third-order valence-electron chi connectivity index (χ3n) is 7.11. The molecule has 1 atom stereocenters. The van der Waals surface area contributed by atoms with Crippen LogP contribution in [-0.2, 0) is 13.1 Å². The average molecular weight is 531 g/mol. The normalized spacial score (nSPS) is 19.4. The van der Waals surface area contributed by atoms with Crippen LogP contribution in [0.1, 0.15) is 25.3 Å². The van der Waals surface area contributed by atoms with Crippen molar-refractivity contribution < 1.29 is 19.1 Å². The van der Waals surface area contributed by atoms with Crippen LogP contribution in [-0.4, -0.2) is 60.3 Å². The van der Waals surface area contributed by atoms with Crippen molar-refractivity contribution in [1.82, 2.24) is 24.0 Å². The zero-order valence-electron chi connectivity index (χ0n) is 21.7. The van der Waals surface area contributed by atoms with E-state index in [0.29, 0.717) is 13.2 Å². The first kappa shape index (κ1) is 24.9. The van der Waals surface area contributed by atoms with Crippen LogP contribution in [0.5, 0.6) is 17.5 Å². The predicted molar refractivity (Wildman–Crippen MR) is 142 cm³/mol. The van der Waals surface area contributed by atoms with Crippen LogP contribution >= 0.6 is 0 Å². The van der Waals surface area contributed by atoms with E-state index in [1.54, 1.807) is 17.1 Å². The quantitative estimate of drug-likeness (QED) is 0.233. The van der Waals surface area contributed by atoms with Gasteiger partial charge < -0.3 is 28.9 Å². The predicted octanol–water partition coefficient (Wildman–Crippen LogP) is 4.25. The number of hydrogen-bond donors (Lipinski definition) is 0. The number of imidazole rings is 2. The van der Waals surface area contributed by atoms with Gasteiger partial charge in [0.05, 0.1) is 12.9 Å². The Morgan fingerprint density at radius 1 is 1.10 bits per heavy atom. The van der Waals surface area contributed by atoms with Crippen molar-refractivity contribution in [3.05, 3.63) is 89.1 Å². The summed E-state index contributed by atoms with van der Waals surface area (Å²) in [5.74, 6) is 1.44. The van der Waals surface area contributed by atoms with Gasteiger partial charge in [0, 0.05) is 42.7 Å². The van der Waals surface area contributed by atoms with Gasteiger partial charge in [0.2, 0.25) is 0 Å². The fourth-order valence-electron chi connectivity index (χ4n) is 5.03. The summed E-state index contributed by atoms with van der Waals surface area (Å²) in [5, 5.41) is 10.9. The number of ether oxygens (including phenoxy) is 3. The summed E-state index contributed by atoms with van der Waals surface area (Å²) in [6, 6.07) is 16.5. The second-order valence-corrected chi connectivity index (χ2v) is 10.3. The molecule has 11 heteroatoms. The van der Waals surface area contributed by atoms with Crippen molar-refractivity contribution >= 4 is 5.82 Å². The van der Waals surface area contributed by atoms with Crippen LogP contribution < -0.4 is 14.2 Å². The van der Waals surface area contributed by atoms with Gasteiger partial charge in [-0.2, -0.15) is 0 Å². The van der Waals surface area contributed by atoms with Gasteiger partial charge in [-0.1, -0.05) is 12.1 Å². The molecule has 6 rings (SSSR count). The third-order valence-corrected chi connectivity index (χ3v) is 7.11. The van der Waals surface area contributed by atoms with E-state index in [0.717, 1.165) is 49.7 Å². The molecule has 0 amide bonds. The maximum Gasteiger partial charge on any atom is 0.415 e. The van der Waals surface area contributed by atoms with Crippen LogP contribution in [0.3, 0.4) is 0 Å². The molecule has 0 unspecified atom stereocenters. The van der Waals surface area contributed by atoms with E-state index in [9.17, 15) is 10.1 Å². The summed E-state index contributed by atoms with van der Waals surface area (Å²) < 4.78 is 21.7. The Morgan fingerprint density at radius 3 is 2.51 bits per heavy atom. The van der Waals surface area contributed by atoms with Crippen LogP contribution in [0.4, 0.5) is 5.82 Å². The topological polar surface area (TPSA) is 110 Å². The molecule has 2 aliphatic rings. The molecule has 2 aliphatic heterocycles. The second kappa shape index (κ2) is 10.4. The Hall–Kier alpha value is -4.38. The molecule has 4 aromatic rings. The number of hydrogen-bond acceptors (Lipinski definition) is 8. The van der Waals surface area contributed by atoms with Gasteiger partial charge in [-0.05, 0) is 66.7 Å². The third kappa shape index (κ3) is 5.73. The van der Waals surface area contributed by atoms with E-state index >= 15 is 0 Å². The molecule has 0 bridgehead atoms. The smallest absolute Gasteiger partial charge is 0.415 e. The fraction of sp³-hybridized carbons (Fsp3) is 0.357. The maximum absolute atomic E-state index is 10.9. The van der Waals surface area contributed by atoms with Gasteiger partial charge in [-0.25, -0.2) is 4.98 Å². The molecule has 1 fully saturated rings. The zero-order valence-corrected chi connectivity index (χ0v) is 21.7. The zero-order chi connectivity index (χ0) is 26.8. The van der Waals surface area contributed by atoms with E-state index in [1.165, 1.54) is 11.8 Å². The summed E-state index contributed by atoms with van der Waals surface area (Å²) in [6.07, 6.45) is 9.07. The monoisotopic (exact) mass is 530 g/mol. The molecule has 0 N–H and O–H groups in total. The van der Waals surface area contributed by atoms with Crippen molar-refractivity contribution in [3.63, 3.8) is 0 Å². The van der Waals surface area contributed by atoms with Crippen molar-refractivity contribution in [2.45, 2.75) is 44.6 Å². The number of fused-ring (bicyclic) bond motifs is 1. The number of likely N-dealkylation sites (tertiary alicyclic amines) is 1. The number of aromatic nitrogens is 4. The molecule has 1 saturated heterocycles. The lowest BCUT2D eigenvalue weighted by molar-refractivity contribution is -0.389. The highest BCUT2D eigenvalue weighted by Gasteiger charge is 2.41. The van der Waals surface area contributed by atoms with Crippen molar-refractivity contribution in [1.29, 1.82) is 0 Å². The molecule has 39 heavy (non-hydrogen) atoms. The summed E-state index contributed by atoms with van der Waals surface area (Å²) in [4.78, 5) is 20.8. The molecule has 0 saturated carbocycles. The van der Waals surface area contributed by atoms with Crippen LogP contribution in [0, 0.1) is 10.1 Å². The SMILES string of the molecule is C[C@]1(COc2ccc(CN3CCC(Oc4ccc(-n5ccnc5)cc4)CC3)cc2)Cn2cc([N+](=O)[O-])nc2O1. The summed E-state index contributed by atoms with van der Waals surface area (Å²) in [6.45, 7) is 5.51. The second-order valence-electron chi connectivity index (χ2n) is 10.3. The summed E-state index contributed by atoms with van der Waals surface area (Å²) in [5.41, 5.74) is 1.66. The van der Waals surface area contributed by atoms with Gasteiger partial charge in [-0.3, -0.25) is 9.47 Å². The lowest BCUT2D eigenvalue weighted by Gasteiger charge is -2.32. The lowest BCUT2D eigenvalue weighted by atomic mass is 10.1. The van der Waals surface area contributed by atoms with Crippen LogP contribution in [0.15, 0.2) is 73.4 Å². The van der Waals surface area contributed by atoms with E-state index in [-0.39, 0.29) is 17.9 Å². The van der Waals surface area contributed by atoms with Crippen molar-refractivity contribution in [3.8, 4) is 23.2 Å². The van der Waals surface area contributed by atoms with E-state index in [2.05, 4.69) is 27.0 Å². The number of benzene rings is 2. The number of piperidine rings is 1. The summed E-state index contributed by atoms with van der Waals surface area (Å²) >= 11 is 0. The molecule has 2 aromatic heterocycles. The van der Waals surface area contributed by atoms with Gasteiger partial charge in [0.15, 0.2) is 5.60 Å². The minimum Gasteiger partial charge on any atom is -0.490 e. The first-order chi connectivity index (χ1) is 18.9. The van der Waals surface area contributed by atoms with Gasteiger partial charge in [-0.15, -0.1) is 0 Å². The Bertz CT molecular complexity index is 1390. The van der Waals surface area contributed by atoms with Crippen LogP contribution in [0.25, 0.3) is 5.69 Å². The highest BCUT2D eigenvalue weighted by Crippen LogP contribution is 2.31. The van der Waals surface area contributed by atoms with E-state index in [4.69, 9.17) is 14.2 Å². The Morgan fingerprint density at radius 2 is 1.85 bits per heavy atom. The van der Waals surface area contributed by atoms with Gasteiger partial charge >= 0.3 is 11.8 Å². The maximum atomic E-state index is 10.9. The molecule has 0 radical (unpaired) electrons. The van der Waals surface area contributed by atoms with Gasteiger partial charge in [0.1, 0.15) is 30.4 Å². The minimum atomic E-state index is -0.634. The van der Waals surface area contributed by atoms with Crippen molar-refractivity contribution in [2.75, 3.05) is 19.7 Å². The number of rotatable bonds is 9. The molecule has 4 heterocycles. The average Bonchev–Trinajstić information content (AvgIpc) is 3.67. The van der Waals surface area contributed by atoms with Gasteiger partial charge in [0.25, 0.3) is 0 Å². The minimum absolute atomic E-state index is 0.211. The fourth-order valence-corrected chi connectivity index (χ4v) is 5.03. The van der Waals surface area contributed by atoms with E-state index in [1.807, 2.05) is 54.1 Å². The molecule has 11 nitrogen and oxygen atoms in total. The molecule has 202 valence electrons. The number of nitro groups is 1. The first-order valence-corrected chi connectivity index (χ1v) is 13.0. The highest BCUT2D eigenvalue weighted by atomic mass is 16.6.